The first-order chi connectivity index (χ1) is 13.9. The standard InChI is InChI=1S/C20H18Cl2N4O.C2H6/c1-11-6-16(21)17(22)8-18(11)25-10-13(3)26-19(20(25)27)15(9-24-26)14-4-5-23-12(2)7-14;1-2/h4-9,13H,10H2,1-3H3;1-2H3/t13-;/m0./s1. The minimum Gasteiger partial charge on any atom is -0.305 e. The molecule has 0 N–H and O–H groups in total. The molecule has 3 heterocycles. The second kappa shape index (κ2) is 8.56. The molecule has 0 saturated heterocycles. The number of aromatic nitrogens is 3. The van der Waals surface area contributed by atoms with E-state index in [0.29, 0.717) is 22.3 Å². The second-order valence-corrected chi connectivity index (χ2v) is 7.67. The van der Waals surface area contributed by atoms with Crippen LogP contribution in [0.4, 0.5) is 5.69 Å². The van der Waals surface area contributed by atoms with Crippen molar-refractivity contribution in [1.82, 2.24) is 14.8 Å². The van der Waals surface area contributed by atoms with E-state index in [4.69, 9.17) is 23.2 Å². The Morgan fingerprint density at radius 1 is 1.10 bits per heavy atom. The van der Waals surface area contributed by atoms with Gasteiger partial charge in [-0.1, -0.05) is 37.0 Å². The minimum atomic E-state index is -0.100. The molecule has 0 unspecified atom stereocenters. The number of hydrogen-bond donors (Lipinski definition) is 0. The molecule has 0 bridgehead atoms. The fourth-order valence-electron chi connectivity index (χ4n) is 3.52. The van der Waals surface area contributed by atoms with Gasteiger partial charge in [-0.15, -0.1) is 0 Å². The van der Waals surface area contributed by atoms with Crippen LogP contribution in [0.5, 0.6) is 0 Å². The molecule has 7 heteroatoms. The van der Waals surface area contributed by atoms with Gasteiger partial charge in [0.2, 0.25) is 0 Å². The van der Waals surface area contributed by atoms with Gasteiger partial charge in [-0.2, -0.15) is 5.10 Å². The summed E-state index contributed by atoms with van der Waals surface area (Å²) < 4.78 is 1.80. The molecule has 1 amide bonds. The van der Waals surface area contributed by atoms with Crippen molar-refractivity contribution in [3.8, 4) is 11.1 Å². The average molecular weight is 431 g/mol. The molecule has 4 rings (SSSR count). The molecule has 1 atom stereocenters. The molecule has 0 fully saturated rings. The summed E-state index contributed by atoms with van der Waals surface area (Å²) >= 11 is 12.3. The molecular formula is C22H24Cl2N4O. The Balaban J connectivity index is 0.00000117. The van der Waals surface area contributed by atoms with E-state index in [1.54, 1.807) is 34.1 Å². The zero-order valence-electron chi connectivity index (χ0n) is 17.2. The van der Waals surface area contributed by atoms with E-state index in [2.05, 4.69) is 10.1 Å². The van der Waals surface area contributed by atoms with Crippen molar-refractivity contribution in [1.29, 1.82) is 0 Å². The highest BCUT2D eigenvalue weighted by Gasteiger charge is 2.34. The third-order valence-electron chi connectivity index (χ3n) is 4.84. The van der Waals surface area contributed by atoms with E-state index in [9.17, 15) is 4.79 Å². The number of nitrogens with zero attached hydrogens (tertiary/aromatic N) is 4. The van der Waals surface area contributed by atoms with Crippen LogP contribution in [0.1, 0.15) is 48.6 Å². The van der Waals surface area contributed by atoms with Crippen molar-refractivity contribution in [2.24, 2.45) is 0 Å². The Kier molecular flexibility index (Phi) is 6.30. The van der Waals surface area contributed by atoms with E-state index in [0.717, 1.165) is 28.1 Å². The van der Waals surface area contributed by atoms with Gasteiger partial charge >= 0.3 is 0 Å². The normalized spacial score (nSPS) is 15.6. The van der Waals surface area contributed by atoms with Crippen molar-refractivity contribution in [2.45, 2.75) is 40.7 Å². The number of amides is 1. The lowest BCUT2D eigenvalue weighted by Gasteiger charge is -2.33. The van der Waals surface area contributed by atoms with Gasteiger partial charge in [0.05, 0.1) is 22.3 Å². The molecular weight excluding hydrogens is 407 g/mol. The smallest absolute Gasteiger partial charge is 0.277 e. The summed E-state index contributed by atoms with van der Waals surface area (Å²) in [5.74, 6) is -0.100. The molecule has 2 aromatic heterocycles. The number of hydrogen-bond acceptors (Lipinski definition) is 3. The summed E-state index contributed by atoms with van der Waals surface area (Å²) in [5, 5.41) is 5.39. The number of fused-ring (bicyclic) bond motifs is 1. The number of benzene rings is 1. The maximum absolute atomic E-state index is 13.4. The average Bonchev–Trinajstić information content (AvgIpc) is 3.15. The van der Waals surface area contributed by atoms with Gasteiger partial charge in [0.15, 0.2) is 0 Å². The zero-order chi connectivity index (χ0) is 21.3. The van der Waals surface area contributed by atoms with Gasteiger partial charge in [0.1, 0.15) is 5.69 Å². The Labute approximate surface area is 181 Å². The van der Waals surface area contributed by atoms with Crippen LogP contribution in [0.3, 0.4) is 0 Å². The summed E-state index contributed by atoms with van der Waals surface area (Å²) in [7, 11) is 0. The highest BCUT2D eigenvalue weighted by molar-refractivity contribution is 6.42. The molecule has 1 aliphatic heterocycles. The molecule has 0 spiro atoms. The third-order valence-corrected chi connectivity index (χ3v) is 5.57. The van der Waals surface area contributed by atoms with Gasteiger partial charge < -0.3 is 4.90 Å². The number of pyridine rings is 1. The van der Waals surface area contributed by atoms with Crippen LogP contribution in [0.15, 0.2) is 36.7 Å². The molecule has 29 heavy (non-hydrogen) atoms. The molecule has 0 aliphatic carbocycles. The number of carbonyl (C=O) groups is 1. The Morgan fingerprint density at radius 2 is 1.79 bits per heavy atom. The summed E-state index contributed by atoms with van der Waals surface area (Å²) in [6, 6.07) is 7.43. The first-order valence-corrected chi connectivity index (χ1v) is 10.4. The zero-order valence-corrected chi connectivity index (χ0v) is 18.7. The predicted molar refractivity (Wildman–Crippen MR) is 119 cm³/mol. The number of rotatable bonds is 2. The molecule has 3 aromatic rings. The van der Waals surface area contributed by atoms with Crippen LogP contribution in [0.25, 0.3) is 11.1 Å². The molecule has 1 aliphatic rings. The predicted octanol–water partition coefficient (Wildman–Crippen LogP) is 6.12. The molecule has 1 aromatic carbocycles. The fraction of sp³-hybridized carbons (Fsp3) is 0.318. The largest absolute Gasteiger partial charge is 0.305 e. The van der Waals surface area contributed by atoms with Crippen LogP contribution in [0.2, 0.25) is 10.0 Å². The lowest BCUT2D eigenvalue weighted by Crippen LogP contribution is -2.43. The lowest BCUT2D eigenvalue weighted by atomic mass is 10.0. The van der Waals surface area contributed by atoms with E-state index < -0.39 is 0 Å². The minimum absolute atomic E-state index is 0.0308. The van der Waals surface area contributed by atoms with Crippen LogP contribution in [-0.2, 0) is 0 Å². The van der Waals surface area contributed by atoms with E-state index in [-0.39, 0.29) is 11.9 Å². The van der Waals surface area contributed by atoms with E-state index in [1.165, 1.54) is 0 Å². The first kappa shape index (κ1) is 21.3. The number of aryl methyl sites for hydroxylation is 2. The van der Waals surface area contributed by atoms with Gasteiger partial charge in [-0.3, -0.25) is 14.5 Å². The van der Waals surface area contributed by atoms with Crippen molar-refractivity contribution in [3.63, 3.8) is 0 Å². The highest BCUT2D eigenvalue weighted by atomic mass is 35.5. The molecule has 0 saturated carbocycles. The monoisotopic (exact) mass is 430 g/mol. The Morgan fingerprint density at radius 3 is 2.48 bits per heavy atom. The first-order valence-electron chi connectivity index (χ1n) is 9.65. The van der Waals surface area contributed by atoms with E-state index in [1.807, 2.05) is 46.8 Å². The van der Waals surface area contributed by atoms with Crippen LogP contribution in [0, 0.1) is 13.8 Å². The van der Waals surface area contributed by atoms with Gasteiger partial charge in [-0.05, 0) is 56.2 Å². The quantitative estimate of drug-likeness (QED) is 0.492. The summed E-state index contributed by atoms with van der Waals surface area (Å²) in [6.07, 6.45) is 3.50. The molecule has 152 valence electrons. The number of anilines is 1. The lowest BCUT2D eigenvalue weighted by molar-refractivity contribution is 0.0954. The van der Waals surface area contributed by atoms with Crippen molar-refractivity contribution >= 4 is 34.8 Å². The fourth-order valence-corrected chi connectivity index (χ4v) is 3.90. The van der Waals surface area contributed by atoms with Gasteiger partial charge in [-0.25, -0.2) is 0 Å². The molecule has 0 radical (unpaired) electrons. The second-order valence-electron chi connectivity index (χ2n) is 6.85. The topological polar surface area (TPSA) is 51.0 Å². The van der Waals surface area contributed by atoms with Crippen molar-refractivity contribution in [2.75, 3.05) is 11.4 Å². The SMILES string of the molecule is CC.Cc1cc(-c2cnn3c2C(=O)N(c2cc(Cl)c(Cl)cc2C)C[C@@H]3C)ccn1. The number of halogens is 2. The van der Waals surface area contributed by atoms with E-state index >= 15 is 0 Å². The number of carbonyl (C=O) groups excluding carboxylic acids is 1. The van der Waals surface area contributed by atoms with Crippen LogP contribution < -0.4 is 4.90 Å². The van der Waals surface area contributed by atoms with Crippen LogP contribution >= 0.6 is 23.2 Å². The van der Waals surface area contributed by atoms with Crippen LogP contribution in [-0.4, -0.2) is 27.2 Å². The Bertz CT molecular complexity index is 1060. The molecule has 5 nitrogen and oxygen atoms in total. The van der Waals surface area contributed by atoms with Crippen molar-refractivity contribution in [3.05, 3.63) is 63.7 Å². The summed E-state index contributed by atoms with van der Waals surface area (Å²) in [4.78, 5) is 19.4. The summed E-state index contributed by atoms with van der Waals surface area (Å²) in [6.45, 7) is 10.4. The van der Waals surface area contributed by atoms with Gasteiger partial charge in [0, 0.05) is 29.7 Å². The maximum Gasteiger partial charge on any atom is 0.277 e. The van der Waals surface area contributed by atoms with Crippen molar-refractivity contribution < 1.29 is 4.79 Å². The maximum atomic E-state index is 13.4. The summed E-state index contributed by atoms with van der Waals surface area (Å²) in [5.41, 5.74) is 4.87. The third kappa shape index (κ3) is 3.89. The highest BCUT2D eigenvalue weighted by Crippen LogP contribution is 2.36. The Hall–Kier alpha value is -2.37. The van der Waals surface area contributed by atoms with Gasteiger partial charge in [0.25, 0.3) is 5.91 Å².